The van der Waals surface area contributed by atoms with Crippen molar-refractivity contribution in [2.75, 3.05) is 13.1 Å². The largest absolute Gasteiger partial charge is 0.481 e. The van der Waals surface area contributed by atoms with E-state index in [0.717, 1.165) is 28.7 Å². The summed E-state index contributed by atoms with van der Waals surface area (Å²) in [5.74, 6) is -0.999. The number of hydrogen-bond acceptors (Lipinski definition) is 3. The molecule has 0 saturated carbocycles. The average Bonchev–Trinajstić information content (AvgIpc) is 2.94. The summed E-state index contributed by atoms with van der Waals surface area (Å²) >= 11 is 11.4. The standard InChI is InChI=1S/C17H17BrClNO2S/c18-15-7-6-14(23-15)16(11-3-1-5-13(19)9-11)20-8-2-4-12(10-20)17(21)22/h1,3,5-7,9,12,16H,2,4,8,10H2,(H,21,22). The minimum absolute atomic E-state index is 0.0483. The van der Waals surface area contributed by atoms with E-state index < -0.39 is 5.97 Å². The first-order valence-corrected chi connectivity index (χ1v) is 9.51. The molecule has 3 rings (SSSR count). The lowest BCUT2D eigenvalue weighted by Gasteiger charge is -2.37. The highest BCUT2D eigenvalue weighted by atomic mass is 79.9. The van der Waals surface area contributed by atoms with Gasteiger partial charge in [0.15, 0.2) is 0 Å². The molecule has 0 amide bonds. The number of hydrogen-bond donors (Lipinski definition) is 1. The topological polar surface area (TPSA) is 40.5 Å². The van der Waals surface area contributed by atoms with E-state index in [2.05, 4.69) is 33.0 Å². The molecule has 1 saturated heterocycles. The van der Waals surface area contributed by atoms with Gasteiger partial charge in [-0.1, -0.05) is 23.7 Å². The number of carbonyl (C=O) groups is 1. The number of likely N-dealkylation sites (tertiary alicyclic amines) is 1. The van der Waals surface area contributed by atoms with Gasteiger partial charge < -0.3 is 5.11 Å². The van der Waals surface area contributed by atoms with Gasteiger partial charge >= 0.3 is 5.97 Å². The fourth-order valence-corrected chi connectivity index (χ4v) is 4.94. The Labute approximate surface area is 153 Å². The van der Waals surface area contributed by atoms with Gasteiger partial charge in [0.1, 0.15) is 0 Å². The molecule has 2 aromatic rings. The summed E-state index contributed by atoms with van der Waals surface area (Å²) in [6, 6.07) is 12.0. The summed E-state index contributed by atoms with van der Waals surface area (Å²) in [4.78, 5) is 14.9. The number of piperidine rings is 1. The number of rotatable bonds is 4. The SMILES string of the molecule is O=C(O)C1CCCN(C(c2cccc(Cl)c2)c2ccc(Br)s2)C1. The van der Waals surface area contributed by atoms with Crippen LogP contribution < -0.4 is 0 Å². The highest BCUT2D eigenvalue weighted by molar-refractivity contribution is 9.11. The Kier molecular flexibility index (Phi) is 5.42. The number of halogens is 2. The molecular formula is C17H17BrClNO2S. The van der Waals surface area contributed by atoms with Gasteiger partial charge in [-0.2, -0.15) is 0 Å². The molecular weight excluding hydrogens is 398 g/mol. The van der Waals surface area contributed by atoms with Crippen LogP contribution in [0.3, 0.4) is 0 Å². The van der Waals surface area contributed by atoms with Gasteiger partial charge in [0, 0.05) is 16.4 Å². The molecule has 0 radical (unpaired) electrons. The van der Waals surface area contributed by atoms with Gasteiger partial charge in [0.2, 0.25) is 0 Å². The van der Waals surface area contributed by atoms with Crippen LogP contribution in [0.15, 0.2) is 40.2 Å². The van der Waals surface area contributed by atoms with E-state index in [1.54, 1.807) is 11.3 Å². The molecule has 0 aliphatic carbocycles. The Balaban J connectivity index is 1.96. The normalized spacial score (nSPS) is 20.3. The molecule has 1 aromatic carbocycles. The molecule has 1 fully saturated rings. The molecule has 2 atom stereocenters. The third-order valence-electron chi connectivity index (χ3n) is 4.20. The number of nitrogens with zero attached hydrogens (tertiary/aromatic N) is 1. The van der Waals surface area contributed by atoms with Gasteiger partial charge in [0.05, 0.1) is 15.7 Å². The van der Waals surface area contributed by atoms with Crippen molar-refractivity contribution in [1.29, 1.82) is 0 Å². The van der Waals surface area contributed by atoms with Crippen LogP contribution in [0.4, 0.5) is 0 Å². The average molecular weight is 415 g/mol. The second kappa shape index (κ2) is 7.34. The van der Waals surface area contributed by atoms with Gasteiger partial charge in [-0.05, 0) is 65.1 Å². The van der Waals surface area contributed by atoms with Gasteiger partial charge in [-0.15, -0.1) is 11.3 Å². The highest BCUT2D eigenvalue weighted by Gasteiger charge is 2.32. The van der Waals surface area contributed by atoms with Gasteiger partial charge in [-0.25, -0.2) is 0 Å². The maximum Gasteiger partial charge on any atom is 0.307 e. The van der Waals surface area contributed by atoms with Crippen LogP contribution in [0.5, 0.6) is 0 Å². The molecule has 0 spiro atoms. The maximum atomic E-state index is 11.4. The van der Waals surface area contributed by atoms with E-state index in [4.69, 9.17) is 11.6 Å². The predicted molar refractivity (Wildman–Crippen MR) is 97.2 cm³/mol. The van der Waals surface area contributed by atoms with Crippen LogP contribution in [0, 0.1) is 5.92 Å². The van der Waals surface area contributed by atoms with Gasteiger partial charge in [0.25, 0.3) is 0 Å². The minimum Gasteiger partial charge on any atom is -0.481 e. The molecule has 1 N–H and O–H groups in total. The van der Waals surface area contributed by atoms with Crippen molar-refractivity contribution in [1.82, 2.24) is 4.90 Å². The fraction of sp³-hybridized carbons (Fsp3) is 0.353. The van der Waals surface area contributed by atoms with Crippen LogP contribution in [-0.2, 0) is 4.79 Å². The van der Waals surface area contributed by atoms with E-state index in [9.17, 15) is 9.90 Å². The maximum absolute atomic E-state index is 11.4. The fourth-order valence-electron chi connectivity index (χ4n) is 3.15. The van der Waals surface area contributed by atoms with Crippen molar-refractivity contribution in [3.8, 4) is 0 Å². The van der Waals surface area contributed by atoms with Crippen LogP contribution in [-0.4, -0.2) is 29.1 Å². The van der Waals surface area contributed by atoms with Crippen molar-refractivity contribution < 1.29 is 9.90 Å². The number of carboxylic acid groups (broad SMARTS) is 1. The third kappa shape index (κ3) is 3.97. The second-order valence-corrected chi connectivity index (χ2v) is 8.70. The quantitative estimate of drug-likeness (QED) is 0.761. The molecule has 1 aliphatic rings. The lowest BCUT2D eigenvalue weighted by atomic mass is 9.94. The Hall–Kier alpha value is -0.880. The lowest BCUT2D eigenvalue weighted by Crippen LogP contribution is -2.41. The zero-order valence-electron chi connectivity index (χ0n) is 12.4. The lowest BCUT2D eigenvalue weighted by molar-refractivity contribution is -0.143. The third-order valence-corrected chi connectivity index (χ3v) is 6.11. The summed E-state index contributed by atoms with van der Waals surface area (Å²) in [6.07, 6.45) is 1.66. The van der Waals surface area contributed by atoms with Crippen molar-refractivity contribution in [3.05, 3.63) is 55.6 Å². The summed E-state index contributed by atoms with van der Waals surface area (Å²) < 4.78 is 1.08. The number of benzene rings is 1. The zero-order valence-corrected chi connectivity index (χ0v) is 15.6. The van der Waals surface area contributed by atoms with E-state index in [0.29, 0.717) is 11.6 Å². The van der Waals surface area contributed by atoms with Gasteiger partial charge in [-0.3, -0.25) is 9.69 Å². The van der Waals surface area contributed by atoms with E-state index in [1.807, 2.05) is 24.3 Å². The number of carboxylic acids is 1. The Bertz CT molecular complexity index is 705. The molecule has 122 valence electrons. The summed E-state index contributed by atoms with van der Waals surface area (Å²) in [7, 11) is 0. The molecule has 3 nitrogen and oxygen atoms in total. The van der Waals surface area contributed by atoms with Crippen LogP contribution in [0.1, 0.15) is 29.3 Å². The van der Waals surface area contributed by atoms with Crippen molar-refractivity contribution >= 4 is 44.8 Å². The summed E-state index contributed by atoms with van der Waals surface area (Å²) in [6.45, 7) is 1.47. The molecule has 1 aliphatic heterocycles. The molecule has 0 bridgehead atoms. The zero-order chi connectivity index (χ0) is 16.4. The molecule has 23 heavy (non-hydrogen) atoms. The first-order valence-electron chi connectivity index (χ1n) is 7.52. The smallest absolute Gasteiger partial charge is 0.307 e. The van der Waals surface area contributed by atoms with Crippen LogP contribution in [0.25, 0.3) is 0 Å². The first-order chi connectivity index (χ1) is 11.0. The molecule has 2 heterocycles. The molecule has 1 aromatic heterocycles. The Morgan fingerprint density at radius 2 is 2.22 bits per heavy atom. The summed E-state index contributed by atoms with van der Waals surface area (Å²) in [5.41, 5.74) is 1.11. The predicted octanol–water partition coefficient (Wildman–Crippen LogP) is 5.05. The van der Waals surface area contributed by atoms with Crippen molar-refractivity contribution in [2.24, 2.45) is 5.92 Å². The monoisotopic (exact) mass is 413 g/mol. The van der Waals surface area contributed by atoms with E-state index in [1.165, 1.54) is 4.88 Å². The first kappa shape index (κ1) is 17.0. The van der Waals surface area contributed by atoms with E-state index >= 15 is 0 Å². The van der Waals surface area contributed by atoms with Crippen molar-refractivity contribution in [2.45, 2.75) is 18.9 Å². The Morgan fingerprint density at radius 1 is 1.39 bits per heavy atom. The molecule has 2 unspecified atom stereocenters. The second-order valence-electron chi connectivity index (χ2n) is 5.77. The van der Waals surface area contributed by atoms with E-state index in [-0.39, 0.29) is 12.0 Å². The molecule has 6 heteroatoms. The number of thiophene rings is 1. The number of aliphatic carboxylic acids is 1. The van der Waals surface area contributed by atoms with Crippen molar-refractivity contribution in [3.63, 3.8) is 0 Å². The highest BCUT2D eigenvalue weighted by Crippen LogP contribution is 2.38. The minimum atomic E-state index is -0.702. The van der Waals surface area contributed by atoms with Crippen LogP contribution in [0.2, 0.25) is 5.02 Å². The Morgan fingerprint density at radius 3 is 2.87 bits per heavy atom. The van der Waals surface area contributed by atoms with Crippen LogP contribution >= 0.6 is 38.9 Å². The summed E-state index contributed by atoms with van der Waals surface area (Å²) in [5, 5.41) is 10.1.